The molecule has 0 saturated heterocycles. The molecule has 0 saturated carbocycles. The van der Waals surface area contributed by atoms with Crippen molar-refractivity contribution >= 4 is 21.9 Å². The molecule has 2 rings (SSSR count). The molecule has 2 atom stereocenters. The Hall–Kier alpha value is -1.03. The molecule has 4 heteroatoms. The molecule has 1 aromatic rings. The van der Waals surface area contributed by atoms with Crippen molar-refractivity contribution in [1.29, 1.82) is 0 Å². The lowest BCUT2D eigenvalue weighted by Gasteiger charge is -2.28. The van der Waals surface area contributed by atoms with Gasteiger partial charge in [-0.05, 0) is 19.1 Å². The van der Waals surface area contributed by atoms with E-state index in [0.717, 1.165) is 10.0 Å². The molecular formula is C11H11BrO3. The van der Waals surface area contributed by atoms with Gasteiger partial charge in [-0.1, -0.05) is 22.0 Å². The highest BCUT2D eigenvalue weighted by Gasteiger charge is 2.30. The Kier molecular flexibility index (Phi) is 2.69. The number of carboxylic acids is 1. The molecule has 0 aliphatic carbocycles. The Morgan fingerprint density at radius 3 is 3.00 bits per heavy atom. The van der Waals surface area contributed by atoms with Crippen LogP contribution in [-0.2, 0) is 4.79 Å². The Labute approximate surface area is 96.2 Å². The van der Waals surface area contributed by atoms with Crippen molar-refractivity contribution in [1.82, 2.24) is 0 Å². The number of benzene rings is 1. The highest BCUT2D eigenvalue weighted by molar-refractivity contribution is 9.10. The Bertz CT molecular complexity index is 403. The lowest BCUT2D eigenvalue weighted by atomic mass is 9.90. The number of hydrogen-bond acceptors (Lipinski definition) is 2. The maximum Gasteiger partial charge on any atom is 0.311 e. The van der Waals surface area contributed by atoms with Crippen molar-refractivity contribution in [2.75, 3.05) is 0 Å². The molecule has 1 aliphatic rings. The predicted octanol–water partition coefficient (Wildman–Crippen LogP) is 2.79. The smallest absolute Gasteiger partial charge is 0.311 e. The van der Waals surface area contributed by atoms with Crippen molar-refractivity contribution in [2.45, 2.75) is 25.4 Å². The van der Waals surface area contributed by atoms with Gasteiger partial charge in [-0.2, -0.15) is 0 Å². The van der Waals surface area contributed by atoms with Crippen LogP contribution in [0.5, 0.6) is 5.75 Å². The number of fused-ring (bicyclic) bond motifs is 1. The van der Waals surface area contributed by atoms with E-state index in [0.29, 0.717) is 12.2 Å². The molecule has 0 spiro atoms. The number of rotatable bonds is 1. The minimum atomic E-state index is -0.784. The van der Waals surface area contributed by atoms with Crippen LogP contribution in [0.25, 0.3) is 0 Å². The molecule has 1 heterocycles. The van der Waals surface area contributed by atoms with E-state index < -0.39 is 11.9 Å². The van der Waals surface area contributed by atoms with Gasteiger partial charge in [0.25, 0.3) is 0 Å². The fourth-order valence-corrected chi connectivity index (χ4v) is 2.20. The Balaban J connectivity index is 2.46. The summed E-state index contributed by atoms with van der Waals surface area (Å²) in [6.07, 6.45) is 0.483. The van der Waals surface area contributed by atoms with E-state index in [1.165, 1.54) is 0 Å². The number of aliphatic carboxylic acids is 1. The summed E-state index contributed by atoms with van der Waals surface area (Å²) in [4.78, 5) is 11.1. The van der Waals surface area contributed by atoms with Gasteiger partial charge < -0.3 is 9.84 Å². The van der Waals surface area contributed by atoms with Gasteiger partial charge in [0, 0.05) is 16.5 Å². The van der Waals surface area contributed by atoms with Gasteiger partial charge in [-0.15, -0.1) is 0 Å². The van der Waals surface area contributed by atoms with Crippen molar-refractivity contribution in [3.05, 3.63) is 28.2 Å². The molecule has 0 fully saturated rings. The quantitative estimate of drug-likeness (QED) is 0.854. The summed E-state index contributed by atoms with van der Waals surface area (Å²) in [5, 5.41) is 9.10. The topological polar surface area (TPSA) is 46.5 Å². The highest BCUT2D eigenvalue weighted by atomic mass is 79.9. The molecule has 0 amide bonds. The second-order valence-electron chi connectivity index (χ2n) is 3.74. The molecule has 0 aromatic heterocycles. The first-order valence-electron chi connectivity index (χ1n) is 4.77. The lowest BCUT2D eigenvalue weighted by molar-refractivity contribution is -0.139. The molecule has 1 aromatic carbocycles. The van der Waals surface area contributed by atoms with Crippen LogP contribution in [0.1, 0.15) is 24.8 Å². The normalized spacial score (nSPS) is 24.1. The maximum absolute atomic E-state index is 11.1. The van der Waals surface area contributed by atoms with Gasteiger partial charge in [0.15, 0.2) is 0 Å². The zero-order valence-corrected chi connectivity index (χ0v) is 9.82. The monoisotopic (exact) mass is 270 g/mol. The number of hydrogen-bond donors (Lipinski definition) is 1. The van der Waals surface area contributed by atoms with Crippen LogP contribution in [0.2, 0.25) is 0 Å². The molecule has 2 unspecified atom stereocenters. The Morgan fingerprint density at radius 1 is 1.60 bits per heavy atom. The zero-order valence-electron chi connectivity index (χ0n) is 8.24. The van der Waals surface area contributed by atoms with Gasteiger partial charge in [0.2, 0.25) is 0 Å². The van der Waals surface area contributed by atoms with Gasteiger partial charge in [-0.3, -0.25) is 4.79 Å². The van der Waals surface area contributed by atoms with Gasteiger partial charge in [-0.25, -0.2) is 0 Å². The predicted molar refractivity (Wildman–Crippen MR) is 59.2 cm³/mol. The molecule has 1 N–H and O–H groups in total. The molecule has 0 radical (unpaired) electrons. The van der Waals surface area contributed by atoms with Gasteiger partial charge in [0.1, 0.15) is 5.75 Å². The van der Waals surface area contributed by atoms with Crippen LogP contribution >= 0.6 is 15.9 Å². The van der Waals surface area contributed by atoms with Crippen LogP contribution in [0.4, 0.5) is 0 Å². The summed E-state index contributed by atoms with van der Waals surface area (Å²) in [5.41, 5.74) is 0.767. The second-order valence-corrected chi connectivity index (χ2v) is 4.65. The van der Waals surface area contributed by atoms with Crippen LogP contribution in [-0.4, -0.2) is 17.2 Å². The first kappa shape index (κ1) is 10.5. The standard InChI is InChI=1S/C11H11BrO3/c1-6-4-9(11(13)14)8-3-2-7(12)5-10(8)15-6/h2-3,5-6,9H,4H2,1H3,(H,13,14). The summed E-state index contributed by atoms with van der Waals surface area (Å²) in [6.45, 7) is 1.89. The Morgan fingerprint density at radius 2 is 2.33 bits per heavy atom. The van der Waals surface area contributed by atoms with Gasteiger partial charge >= 0.3 is 5.97 Å². The lowest BCUT2D eigenvalue weighted by Crippen LogP contribution is -2.27. The fraction of sp³-hybridized carbons (Fsp3) is 0.364. The van der Waals surface area contributed by atoms with E-state index in [-0.39, 0.29) is 6.10 Å². The van der Waals surface area contributed by atoms with Crippen molar-refractivity contribution in [3.63, 3.8) is 0 Å². The van der Waals surface area contributed by atoms with Crippen LogP contribution in [0.3, 0.4) is 0 Å². The van der Waals surface area contributed by atoms with Gasteiger partial charge in [0.05, 0.1) is 12.0 Å². The van der Waals surface area contributed by atoms with Crippen LogP contribution in [0, 0.1) is 0 Å². The third-order valence-electron chi connectivity index (χ3n) is 2.54. The van der Waals surface area contributed by atoms with Crippen LogP contribution in [0.15, 0.2) is 22.7 Å². The van der Waals surface area contributed by atoms with Crippen molar-refractivity contribution < 1.29 is 14.6 Å². The summed E-state index contributed by atoms with van der Waals surface area (Å²) in [6, 6.07) is 5.47. The largest absolute Gasteiger partial charge is 0.490 e. The fourth-order valence-electron chi connectivity index (χ4n) is 1.86. The molecule has 0 bridgehead atoms. The average Bonchev–Trinajstić information content (AvgIpc) is 2.15. The third kappa shape index (κ3) is 2.00. The summed E-state index contributed by atoms with van der Waals surface area (Å²) < 4.78 is 6.50. The van der Waals surface area contributed by atoms with Crippen molar-refractivity contribution in [2.24, 2.45) is 0 Å². The molecule has 80 valence electrons. The molecule has 1 aliphatic heterocycles. The summed E-state index contributed by atoms with van der Waals surface area (Å²) >= 11 is 3.34. The number of carbonyl (C=O) groups is 1. The SMILES string of the molecule is CC1CC(C(=O)O)c2ccc(Br)cc2O1. The first-order chi connectivity index (χ1) is 7.08. The molecule has 15 heavy (non-hydrogen) atoms. The minimum absolute atomic E-state index is 0.0482. The highest BCUT2D eigenvalue weighted by Crippen LogP contribution is 2.37. The van der Waals surface area contributed by atoms with E-state index in [2.05, 4.69) is 15.9 Å². The maximum atomic E-state index is 11.1. The van der Waals surface area contributed by atoms with E-state index in [1.807, 2.05) is 25.1 Å². The molecular weight excluding hydrogens is 260 g/mol. The number of halogens is 1. The van der Waals surface area contributed by atoms with E-state index in [9.17, 15) is 4.79 Å². The van der Waals surface area contributed by atoms with E-state index >= 15 is 0 Å². The minimum Gasteiger partial charge on any atom is -0.490 e. The van der Waals surface area contributed by atoms with Crippen LogP contribution < -0.4 is 4.74 Å². The molecule has 3 nitrogen and oxygen atoms in total. The second kappa shape index (κ2) is 3.85. The number of carboxylic acid groups (broad SMARTS) is 1. The summed E-state index contributed by atoms with van der Waals surface area (Å²) in [5.74, 6) is -0.555. The average molecular weight is 271 g/mol. The summed E-state index contributed by atoms with van der Waals surface area (Å²) in [7, 11) is 0. The zero-order chi connectivity index (χ0) is 11.0. The van der Waals surface area contributed by atoms with E-state index in [4.69, 9.17) is 9.84 Å². The first-order valence-corrected chi connectivity index (χ1v) is 5.56. The third-order valence-corrected chi connectivity index (χ3v) is 3.04. The van der Waals surface area contributed by atoms with E-state index in [1.54, 1.807) is 0 Å². The number of ether oxygens (including phenoxy) is 1. The van der Waals surface area contributed by atoms with Crippen molar-refractivity contribution in [3.8, 4) is 5.75 Å².